The van der Waals surface area contributed by atoms with Crippen LogP contribution in [-0.2, 0) is 9.59 Å². The number of hydrogen-bond donors (Lipinski definition) is 1. The van der Waals surface area contributed by atoms with E-state index in [-0.39, 0.29) is 30.9 Å². The van der Waals surface area contributed by atoms with Gasteiger partial charge in [0, 0.05) is 5.69 Å². The summed E-state index contributed by atoms with van der Waals surface area (Å²) in [5.41, 5.74) is 2.46. The Labute approximate surface area is 218 Å². The first-order valence-corrected chi connectivity index (χ1v) is 12.3. The predicted octanol–water partition coefficient (Wildman–Crippen LogP) is 5.78. The van der Waals surface area contributed by atoms with Gasteiger partial charge in [0.1, 0.15) is 18.1 Å². The molecule has 0 aromatic heterocycles. The van der Waals surface area contributed by atoms with E-state index in [2.05, 4.69) is 5.32 Å². The van der Waals surface area contributed by atoms with Crippen LogP contribution >= 0.6 is 23.4 Å². The molecule has 1 saturated heterocycles. The second-order valence-corrected chi connectivity index (χ2v) is 9.29. The normalized spacial score (nSPS) is 14.3. The largest absolute Gasteiger partial charge is 0.490 e. The van der Waals surface area contributed by atoms with E-state index in [1.807, 2.05) is 31.2 Å². The van der Waals surface area contributed by atoms with Crippen molar-refractivity contribution < 1.29 is 23.9 Å². The van der Waals surface area contributed by atoms with Gasteiger partial charge in [-0.05, 0) is 66.7 Å². The number of benzene rings is 3. The topological polar surface area (TPSA) is 84.9 Å². The zero-order chi connectivity index (χ0) is 25.5. The molecule has 0 atom stereocenters. The minimum absolute atomic E-state index is 0.104. The van der Waals surface area contributed by atoms with Crippen LogP contribution in [0.3, 0.4) is 0 Å². The number of para-hydroxylation sites is 1. The molecule has 1 N–H and O–H groups in total. The monoisotopic (exact) mass is 522 g/mol. The van der Waals surface area contributed by atoms with E-state index in [4.69, 9.17) is 21.1 Å². The quantitative estimate of drug-likeness (QED) is 0.358. The lowest BCUT2D eigenvalue weighted by Gasteiger charge is -2.13. The summed E-state index contributed by atoms with van der Waals surface area (Å²) < 4.78 is 11.2. The van der Waals surface area contributed by atoms with E-state index in [1.165, 1.54) is 0 Å². The molecule has 0 unspecified atom stereocenters. The van der Waals surface area contributed by atoms with Crippen molar-refractivity contribution in [2.75, 3.05) is 25.1 Å². The van der Waals surface area contributed by atoms with Crippen molar-refractivity contribution in [3.63, 3.8) is 0 Å². The molecule has 4 rings (SSSR count). The molecule has 1 aliphatic rings. The van der Waals surface area contributed by atoms with Gasteiger partial charge in [0.2, 0.25) is 0 Å². The van der Waals surface area contributed by atoms with E-state index in [0.717, 1.165) is 22.2 Å². The highest BCUT2D eigenvalue weighted by Gasteiger charge is 2.34. The van der Waals surface area contributed by atoms with Crippen LogP contribution in [-0.4, -0.2) is 41.7 Å². The Morgan fingerprint density at radius 1 is 1.03 bits per heavy atom. The predicted molar refractivity (Wildman–Crippen MR) is 141 cm³/mol. The Kier molecular flexibility index (Phi) is 8.30. The van der Waals surface area contributed by atoms with Crippen LogP contribution in [0.4, 0.5) is 10.5 Å². The Balaban J connectivity index is 1.32. The van der Waals surface area contributed by atoms with Crippen molar-refractivity contribution in [3.8, 4) is 11.5 Å². The molecular formula is C27H23ClN2O5S. The number of ether oxygens (including phenoxy) is 2. The molecule has 9 heteroatoms. The molecule has 0 radical (unpaired) electrons. The number of rotatable bonds is 9. The molecular weight excluding hydrogens is 500 g/mol. The van der Waals surface area contributed by atoms with Crippen LogP contribution in [0.5, 0.6) is 11.5 Å². The second kappa shape index (κ2) is 11.8. The minimum atomic E-state index is -0.392. The fourth-order valence-corrected chi connectivity index (χ4v) is 4.39. The number of amides is 3. The van der Waals surface area contributed by atoms with E-state index < -0.39 is 5.91 Å². The van der Waals surface area contributed by atoms with Crippen molar-refractivity contribution in [1.29, 1.82) is 0 Å². The molecule has 3 aromatic carbocycles. The Hall–Kier alpha value is -3.75. The number of aryl methyl sites for hydroxylation is 1. The number of imide groups is 1. The van der Waals surface area contributed by atoms with Crippen molar-refractivity contribution >= 4 is 52.2 Å². The van der Waals surface area contributed by atoms with Gasteiger partial charge in [-0.1, -0.05) is 53.6 Å². The molecule has 1 heterocycles. The average molecular weight is 523 g/mol. The molecule has 3 aromatic rings. The lowest BCUT2D eigenvalue weighted by molar-refractivity contribution is -0.123. The summed E-state index contributed by atoms with van der Waals surface area (Å²) in [7, 11) is 0. The average Bonchev–Trinajstić information content (AvgIpc) is 3.13. The maximum Gasteiger partial charge on any atom is 0.293 e. The number of nitrogens with one attached hydrogen (secondary N) is 1. The SMILES string of the molecule is Cc1ccc(NC(=O)COc2cccc(/C=C3\SC(=O)N(CCOc4ccccc4Cl)C3=O)c2)cc1. The highest BCUT2D eigenvalue weighted by molar-refractivity contribution is 8.18. The first kappa shape index (κ1) is 25.3. The third-order valence-corrected chi connectivity index (χ3v) is 6.36. The number of halogens is 1. The molecule has 0 bridgehead atoms. The van der Waals surface area contributed by atoms with Crippen LogP contribution in [0, 0.1) is 6.92 Å². The Morgan fingerprint density at radius 2 is 1.81 bits per heavy atom. The molecule has 0 saturated carbocycles. The number of anilines is 1. The van der Waals surface area contributed by atoms with Crippen LogP contribution in [0.1, 0.15) is 11.1 Å². The maximum absolute atomic E-state index is 12.8. The van der Waals surface area contributed by atoms with E-state index in [0.29, 0.717) is 32.7 Å². The summed E-state index contributed by atoms with van der Waals surface area (Å²) >= 11 is 6.93. The van der Waals surface area contributed by atoms with Gasteiger partial charge in [0.15, 0.2) is 6.61 Å². The van der Waals surface area contributed by atoms with Crippen LogP contribution in [0.15, 0.2) is 77.7 Å². The molecule has 7 nitrogen and oxygen atoms in total. The van der Waals surface area contributed by atoms with E-state index >= 15 is 0 Å². The van der Waals surface area contributed by atoms with Gasteiger partial charge in [-0.25, -0.2) is 0 Å². The van der Waals surface area contributed by atoms with Gasteiger partial charge in [-0.3, -0.25) is 19.3 Å². The standard InChI is InChI=1S/C27H23ClN2O5S/c1-18-9-11-20(12-10-18)29-25(31)17-35-21-6-4-5-19(15-21)16-24-26(32)30(27(33)36-24)13-14-34-23-8-3-2-7-22(23)28/h2-12,15-16H,13-14,17H2,1H3,(H,29,31)/b24-16-. The lowest BCUT2D eigenvalue weighted by atomic mass is 10.2. The highest BCUT2D eigenvalue weighted by atomic mass is 35.5. The fraction of sp³-hybridized carbons (Fsp3) is 0.148. The summed E-state index contributed by atoms with van der Waals surface area (Å²) in [6, 6.07) is 21.4. The van der Waals surface area contributed by atoms with E-state index in [1.54, 1.807) is 54.6 Å². The summed E-state index contributed by atoms with van der Waals surface area (Å²) in [5.74, 6) is 0.280. The van der Waals surface area contributed by atoms with Gasteiger partial charge in [0.25, 0.3) is 17.1 Å². The Morgan fingerprint density at radius 3 is 2.58 bits per heavy atom. The summed E-state index contributed by atoms with van der Waals surface area (Å²) in [5, 5.41) is 2.87. The molecule has 3 amide bonds. The van der Waals surface area contributed by atoms with E-state index in [9.17, 15) is 14.4 Å². The highest BCUT2D eigenvalue weighted by Crippen LogP contribution is 2.32. The van der Waals surface area contributed by atoms with Crippen LogP contribution in [0.25, 0.3) is 6.08 Å². The van der Waals surface area contributed by atoms with Crippen LogP contribution in [0.2, 0.25) is 5.02 Å². The maximum atomic E-state index is 12.8. The van der Waals surface area contributed by atoms with Crippen molar-refractivity contribution in [3.05, 3.63) is 93.9 Å². The number of thioether (sulfide) groups is 1. The van der Waals surface area contributed by atoms with Gasteiger partial charge >= 0.3 is 0 Å². The zero-order valence-corrected chi connectivity index (χ0v) is 21.0. The zero-order valence-electron chi connectivity index (χ0n) is 19.4. The Bertz CT molecular complexity index is 1310. The molecule has 1 aliphatic heterocycles. The molecule has 0 aliphatic carbocycles. The third-order valence-electron chi connectivity index (χ3n) is 5.14. The number of nitrogens with zero attached hydrogens (tertiary/aromatic N) is 1. The smallest absolute Gasteiger partial charge is 0.293 e. The lowest BCUT2D eigenvalue weighted by Crippen LogP contribution is -2.32. The minimum Gasteiger partial charge on any atom is -0.490 e. The summed E-state index contributed by atoms with van der Waals surface area (Å²) in [4.78, 5) is 38.8. The number of carbonyl (C=O) groups excluding carboxylic acids is 3. The summed E-state index contributed by atoms with van der Waals surface area (Å²) in [6.07, 6.45) is 1.62. The van der Waals surface area contributed by atoms with Crippen molar-refractivity contribution in [2.45, 2.75) is 6.92 Å². The van der Waals surface area contributed by atoms with Crippen molar-refractivity contribution in [2.24, 2.45) is 0 Å². The number of carbonyl (C=O) groups is 3. The molecule has 36 heavy (non-hydrogen) atoms. The van der Waals surface area contributed by atoms with Gasteiger partial charge in [0.05, 0.1) is 16.5 Å². The first-order valence-electron chi connectivity index (χ1n) is 11.1. The van der Waals surface area contributed by atoms with Crippen molar-refractivity contribution in [1.82, 2.24) is 4.90 Å². The molecule has 1 fully saturated rings. The van der Waals surface area contributed by atoms with Gasteiger partial charge in [-0.15, -0.1) is 0 Å². The van der Waals surface area contributed by atoms with Gasteiger partial charge < -0.3 is 14.8 Å². The number of hydrogen-bond acceptors (Lipinski definition) is 6. The first-order chi connectivity index (χ1) is 17.4. The summed E-state index contributed by atoms with van der Waals surface area (Å²) in [6.45, 7) is 2.04. The third kappa shape index (κ3) is 6.68. The molecule has 0 spiro atoms. The fourth-order valence-electron chi connectivity index (χ4n) is 3.33. The second-order valence-electron chi connectivity index (χ2n) is 7.89. The molecule has 184 valence electrons. The van der Waals surface area contributed by atoms with Crippen LogP contribution < -0.4 is 14.8 Å². The van der Waals surface area contributed by atoms with Gasteiger partial charge in [-0.2, -0.15) is 0 Å².